The van der Waals surface area contributed by atoms with Crippen LogP contribution in [-0.4, -0.2) is 28.6 Å². The van der Waals surface area contributed by atoms with Crippen LogP contribution in [0.2, 0.25) is 0 Å². The third kappa shape index (κ3) is 4.60. The lowest BCUT2D eigenvalue weighted by Crippen LogP contribution is -2.34. The number of benzene rings is 3. The molecule has 0 aliphatic carbocycles. The maximum Gasteiger partial charge on any atom is 0.240 e. The van der Waals surface area contributed by atoms with Crippen molar-refractivity contribution in [3.8, 4) is 5.75 Å². The Hall–Kier alpha value is -2.57. The molecule has 0 spiro atoms. The lowest BCUT2D eigenvalue weighted by molar-refractivity contribution is 0.415. The summed E-state index contributed by atoms with van der Waals surface area (Å²) < 4.78 is 33.5. The van der Waals surface area contributed by atoms with Gasteiger partial charge < -0.3 is 9.64 Å². The average Bonchev–Trinajstić information content (AvgIpc) is 2.77. The zero-order chi connectivity index (χ0) is 21.1. The fourth-order valence-corrected chi connectivity index (χ4v) is 5.06. The van der Waals surface area contributed by atoms with Crippen LogP contribution in [-0.2, 0) is 16.6 Å². The summed E-state index contributed by atoms with van der Waals surface area (Å²) >= 11 is 0. The van der Waals surface area contributed by atoms with Gasteiger partial charge in [0.15, 0.2) is 0 Å². The molecule has 1 heterocycles. The second-order valence-corrected chi connectivity index (χ2v) is 9.83. The molecule has 3 aromatic rings. The van der Waals surface area contributed by atoms with Crippen molar-refractivity contribution in [3.63, 3.8) is 0 Å². The number of hydrogen-bond donors (Lipinski definition) is 1. The van der Waals surface area contributed by atoms with Crippen LogP contribution in [0.3, 0.4) is 0 Å². The van der Waals surface area contributed by atoms with Crippen LogP contribution < -0.4 is 14.4 Å². The van der Waals surface area contributed by atoms with Gasteiger partial charge in [0.25, 0.3) is 0 Å². The van der Waals surface area contributed by atoms with Crippen molar-refractivity contribution in [2.75, 3.05) is 25.1 Å². The Labute approximate surface area is 178 Å². The number of methoxy groups -OCH3 is 1. The molecule has 4 rings (SSSR count). The van der Waals surface area contributed by atoms with E-state index in [-0.39, 0.29) is 11.4 Å². The molecule has 30 heavy (non-hydrogen) atoms. The van der Waals surface area contributed by atoms with E-state index < -0.39 is 10.0 Å². The van der Waals surface area contributed by atoms with Crippen LogP contribution in [0.25, 0.3) is 10.8 Å². The minimum Gasteiger partial charge on any atom is -0.497 e. The van der Waals surface area contributed by atoms with Crippen LogP contribution in [0.15, 0.2) is 65.6 Å². The highest BCUT2D eigenvalue weighted by atomic mass is 32.2. The predicted molar refractivity (Wildman–Crippen MR) is 122 cm³/mol. The van der Waals surface area contributed by atoms with Gasteiger partial charge in [-0.1, -0.05) is 31.2 Å². The lowest BCUT2D eigenvalue weighted by Gasteiger charge is -2.32. The predicted octanol–water partition coefficient (Wildman–Crippen LogP) is 4.56. The van der Waals surface area contributed by atoms with Crippen LogP contribution >= 0.6 is 0 Å². The zero-order valence-corrected chi connectivity index (χ0v) is 18.3. The Kier molecular flexibility index (Phi) is 5.97. The van der Waals surface area contributed by atoms with Crippen LogP contribution in [0, 0.1) is 5.92 Å². The second kappa shape index (κ2) is 8.66. The van der Waals surface area contributed by atoms with Gasteiger partial charge in [-0.05, 0) is 71.5 Å². The van der Waals surface area contributed by atoms with E-state index in [2.05, 4.69) is 28.7 Å². The number of anilines is 1. The van der Waals surface area contributed by atoms with Gasteiger partial charge >= 0.3 is 0 Å². The van der Waals surface area contributed by atoms with Gasteiger partial charge in [-0.3, -0.25) is 0 Å². The molecule has 1 fully saturated rings. The Bertz CT molecular complexity index is 1130. The second-order valence-electron chi connectivity index (χ2n) is 8.06. The first-order valence-corrected chi connectivity index (χ1v) is 11.8. The highest BCUT2D eigenvalue weighted by molar-refractivity contribution is 7.89. The Morgan fingerprint density at radius 2 is 1.77 bits per heavy atom. The molecular weight excluding hydrogens is 396 g/mol. The number of sulfonamides is 1. The molecule has 1 aliphatic heterocycles. The van der Waals surface area contributed by atoms with Crippen molar-refractivity contribution in [3.05, 3.63) is 66.2 Å². The Morgan fingerprint density at radius 3 is 2.50 bits per heavy atom. The van der Waals surface area contributed by atoms with Gasteiger partial charge in [-0.2, -0.15) is 0 Å². The molecule has 0 saturated carbocycles. The van der Waals surface area contributed by atoms with Gasteiger partial charge in [0.2, 0.25) is 10.0 Å². The molecular formula is C24H28N2O3S. The number of rotatable bonds is 6. The molecule has 0 amide bonds. The van der Waals surface area contributed by atoms with E-state index in [4.69, 9.17) is 4.74 Å². The third-order valence-electron chi connectivity index (χ3n) is 5.75. The molecule has 1 unspecified atom stereocenters. The van der Waals surface area contributed by atoms with E-state index in [0.29, 0.717) is 5.92 Å². The summed E-state index contributed by atoms with van der Waals surface area (Å²) in [6, 6.07) is 18.9. The molecule has 5 nitrogen and oxygen atoms in total. The van der Waals surface area contributed by atoms with E-state index in [1.54, 1.807) is 25.3 Å². The Morgan fingerprint density at radius 1 is 1.03 bits per heavy atom. The van der Waals surface area contributed by atoms with Gasteiger partial charge in [0, 0.05) is 25.3 Å². The minimum atomic E-state index is -3.60. The molecule has 158 valence electrons. The smallest absolute Gasteiger partial charge is 0.240 e. The molecule has 6 heteroatoms. The molecule has 3 aromatic carbocycles. The molecule has 1 saturated heterocycles. The van der Waals surface area contributed by atoms with E-state index in [1.165, 1.54) is 18.5 Å². The summed E-state index contributed by atoms with van der Waals surface area (Å²) in [6.07, 6.45) is 2.51. The highest BCUT2D eigenvalue weighted by Crippen LogP contribution is 2.25. The summed E-state index contributed by atoms with van der Waals surface area (Å²) in [5, 5.41) is 1.80. The summed E-state index contributed by atoms with van der Waals surface area (Å²) in [5.41, 5.74) is 2.15. The molecule has 0 bridgehead atoms. The van der Waals surface area contributed by atoms with E-state index >= 15 is 0 Å². The monoisotopic (exact) mass is 424 g/mol. The van der Waals surface area contributed by atoms with Crippen molar-refractivity contribution in [2.24, 2.45) is 5.92 Å². The van der Waals surface area contributed by atoms with E-state index in [0.717, 1.165) is 35.2 Å². The highest BCUT2D eigenvalue weighted by Gasteiger charge is 2.17. The SMILES string of the molecule is COc1ccc2cc(S(=O)(=O)NCc3ccc(N4CCCC(C)C4)cc3)ccc2c1. The molecule has 0 radical (unpaired) electrons. The number of hydrogen-bond acceptors (Lipinski definition) is 4. The quantitative estimate of drug-likeness (QED) is 0.630. The van der Waals surface area contributed by atoms with E-state index in [1.807, 2.05) is 30.3 Å². The first kappa shape index (κ1) is 20.7. The van der Waals surface area contributed by atoms with Gasteiger partial charge in [-0.15, -0.1) is 0 Å². The molecule has 1 aliphatic rings. The first-order valence-electron chi connectivity index (χ1n) is 10.4. The summed E-state index contributed by atoms with van der Waals surface area (Å²) in [6.45, 7) is 4.72. The molecule has 0 aromatic heterocycles. The Balaban J connectivity index is 1.44. The number of nitrogens with zero attached hydrogens (tertiary/aromatic N) is 1. The number of ether oxygens (including phenoxy) is 1. The van der Waals surface area contributed by atoms with Crippen molar-refractivity contribution in [2.45, 2.75) is 31.2 Å². The normalized spacial score (nSPS) is 17.3. The zero-order valence-electron chi connectivity index (χ0n) is 17.5. The van der Waals surface area contributed by atoms with Crippen LogP contribution in [0.4, 0.5) is 5.69 Å². The number of fused-ring (bicyclic) bond motifs is 1. The van der Waals surface area contributed by atoms with Crippen molar-refractivity contribution < 1.29 is 13.2 Å². The van der Waals surface area contributed by atoms with Crippen molar-refractivity contribution in [1.29, 1.82) is 0 Å². The van der Waals surface area contributed by atoms with Gasteiger partial charge in [0.05, 0.1) is 12.0 Å². The lowest BCUT2D eigenvalue weighted by atomic mass is 9.99. The average molecular weight is 425 g/mol. The van der Waals surface area contributed by atoms with E-state index in [9.17, 15) is 8.42 Å². The molecule has 1 N–H and O–H groups in total. The largest absolute Gasteiger partial charge is 0.497 e. The maximum absolute atomic E-state index is 12.8. The van der Waals surface area contributed by atoms with Crippen LogP contribution in [0.1, 0.15) is 25.3 Å². The first-order chi connectivity index (χ1) is 14.4. The van der Waals surface area contributed by atoms with Gasteiger partial charge in [-0.25, -0.2) is 13.1 Å². The number of piperidine rings is 1. The summed E-state index contributed by atoms with van der Waals surface area (Å²) in [5.74, 6) is 1.46. The topological polar surface area (TPSA) is 58.6 Å². The van der Waals surface area contributed by atoms with Crippen molar-refractivity contribution in [1.82, 2.24) is 4.72 Å². The van der Waals surface area contributed by atoms with Crippen LogP contribution in [0.5, 0.6) is 5.75 Å². The molecule has 1 atom stereocenters. The summed E-state index contributed by atoms with van der Waals surface area (Å²) in [7, 11) is -1.98. The van der Waals surface area contributed by atoms with Gasteiger partial charge in [0.1, 0.15) is 5.75 Å². The standard InChI is InChI=1S/C24H28N2O3S/c1-18-4-3-13-26(17-18)22-9-5-19(6-10-22)16-25-30(27,28)24-12-8-20-14-23(29-2)11-7-21(20)15-24/h5-12,14-15,18,25H,3-4,13,16-17H2,1-2H3. The van der Waals surface area contributed by atoms with Crippen molar-refractivity contribution >= 4 is 26.5 Å². The fraction of sp³-hybridized carbons (Fsp3) is 0.333. The summed E-state index contributed by atoms with van der Waals surface area (Å²) in [4.78, 5) is 2.67. The maximum atomic E-state index is 12.8. The third-order valence-corrected chi connectivity index (χ3v) is 7.15. The fourth-order valence-electron chi connectivity index (χ4n) is 4.01. The minimum absolute atomic E-state index is 0.263. The number of nitrogens with one attached hydrogen (secondary N) is 1.